The summed E-state index contributed by atoms with van der Waals surface area (Å²) in [5, 5.41) is 6.73. The summed E-state index contributed by atoms with van der Waals surface area (Å²) in [4.78, 5) is 1.48. The van der Waals surface area contributed by atoms with Crippen LogP contribution in [0, 0.1) is 0 Å². The van der Waals surface area contributed by atoms with Crippen molar-refractivity contribution < 1.29 is 0 Å². The van der Waals surface area contributed by atoms with Gasteiger partial charge < -0.3 is 5.32 Å². The molecule has 1 nitrogen and oxygen atoms in total. The van der Waals surface area contributed by atoms with E-state index in [1.54, 1.807) is 0 Å². The van der Waals surface area contributed by atoms with Crippen LogP contribution in [-0.2, 0) is 5.41 Å². The Morgan fingerprint density at radius 3 is 2.88 bits per heavy atom. The van der Waals surface area contributed by atoms with E-state index < -0.39 is 0 Å². The van der Waals surface area contributed by atoms with E-state index in [-0.39, 0.29) is 5.41 Å². The molecule has 2 rings (SSSR count). The number of thiophene rings is 1. The van der Waals surface area contributed by atoms with E-state index in [1.165, 1.54) is 17.1 Å². The molecule has 2 unspecified atom stereocenters. The fraction of sp³-hybridized carbons (Fsp3) is 0.692. The lowest BCUT2D eigenvalue weighted by atomic mass is 9.91. The Bertz CT molecular complexity index is 319. The van der Waals surface area contributed by atoms with E-state index >= 15 is 0 Å². The summed E-state index contributed by atoms with van der Waals surface area (Å²) in [5.41, 5.74) is 0.269. The maximum Gasteiger partial charge on any atom is 0.0169 e. The van der Waals surface area contributed by atoms with Gasteiger partial charge in [-0.05, 0) is 17.9 Å². The Kier molecular flexibility index (Phi) is 3.98. The van der Waals surface area contributed by atoms with E-state index in [2.05, 4.69) is 55.4 Å². The molecule has 90 valence electrons. The van der Waals surface area contributed by atoms with E-state index in [4.69, 9.17) is 0 Å². The molecule has 0 spiro atoms. The van der Waals surface area contributed by atoms with Gasteiger partial charge in [-0.1, -0.05) is 26.8 Å². The molecule has 1 aliphatic rings. The van der Waals surface area contributed by atoms with Crippen molar-refractivity contribution in [2.24, 2.45) is 0 Å². The zero-order valence-corrected chi connectivity index (χ0v) is 12.0. The molecule has 3 heteroatoms. The van der Waals surface area contributed by atoms with Crippen LogP contribution in [0.4, 0.5) is 0 Å². The van der Waals surface area contributed by atoms with E-state index in [0.717, 1.165) is 17.8 Å². The fourth-order valence-electron chi connectivity index (χ4n) is 2.11. The highest BCUT2D eigenvalue weighted by atomic mass is 32.2. The van der Waals surface area contributed by atoms with Gasteiger partial charge in [-0.2, -0.15) is 11.8 Å². The first-order valence-electron chi connectivity index (χ1n) is 5.97. The van der Waals surface area contributed by atoms with Crippen LogP contribution in [0.2, 0.25) is 0 Å². The standard InChI is InChI=1S/C13H21NS2/c1-10-7-11(8-16-10)14-9-13(2,3)12-5-4-6-15-12/h4-6,10-11,14H,7-9H2,1-3H3. The van der Waals surface area contributed by atoms with Crippen LogP contribution in [-0.4, -0.2) is 23.6 Å². The highest BCUT2D eigenvalue weighted by Gasteiger charge is 2.26. The predicted octanol–water partition coefficient (Wildman–Crippen LogP) is 3.51. The summed E-state index contributed by atoms with van der Waals surface area (Å²) < 4.78 is 0. The minimum atomic E-state index is 0.269. The summed E-state index contributed by atoms with van der Waals surface area (Å²) in [6, 6.07) is 5.12. The molecule has 0 saturated carbocycles. The Balaban J connectivity index is 1.85. The van der Waals surface area contributed by atoms with Gasteiger partial charge in [0.1, 0.15) is 0 Å². The Morgan fingerprint density at radius 2 is 2.31 bits per heavy atom. The highest BCUT2D eigenvalue weighted by molar-refractivity contribution is 8.00. The molecule has 0 radical (unpaired) electrons. The average Bonchev–Trinajstić information content (AvgIpc) is 2.85. The molecule has 2 atom stereocenters. The normalized spacial score (nSPS) is 26.2. The second-order valence-electron chi connectivity index (χ2n) is 5.32. The summed E-state index contributed by atoms with van der Waals surface area (Å²) in [5.74, 6) is 1.28. The quantitative estimate of drug-likeness (QED) is 0.883. The molecular formula is C13H21NS2. The van der Waals surface area contributed by atoms with Crippen molar-refractivity contribution in [3.05, 3.63) is 22.4 Å². The third kappa shape index (κ3) is 3.02. The number of rotatable bonds is 4. The first kappa shape index (κ1) is 12.5. The second kappa shape index (κ2) is 5.11. The van der Waals surface area contributed by atoms with Gasteiger partial charge in [0.15, 0.2) is 0 Å². The van der Waals surface area contributed by atoms with Crippen molar-refractivity contribution in [1.82, 2.24) is 5.32 Å². The van der Waals surface area contributed by atoms with Crippen molar-refractivity contribution >= 4 is 23.1 Å². The Hall–Kier alpha value is 0.01000. The van der Waals surface area contributed by atoms with Gasteiger partial charge in [0, 0.05) is 33.9 Å². The van der Waals surface area contributed by atoms with Gasteiger partial charge in [0.25, 0.3) is 0 Å². The molecule has 1 N–H and O–H groups in total. The van der Waals surface area contributed by atoms with Gasteiger partial charge in [-0.3, -0.25) is 0 Å². The minimum absolute atomic E-state index is 0.269. The number of nitrogens with one attached hydrogen (secondary N) is 1. The zero-order valence-electron chi connectivity index (χ0n) is 10.3. The average molecular weight is 255 g/mol. The van der Waals surface area contributed by atoms with Crippen LogP contribution >= 0.6 is 23.1 Å². The van der Waals surface area contributed by atoms with Crippen LogP contribution in [0.1, 0.15) is 32.1 Å². The third-order valence-electron chi connectivity index (χ3n) is 3.22. The second-order valence-corrected chi connectivity index (χ2v) is 7.74. The predicted molar refractivity (Wildman–Crippen MR) is 75.7 cm³/mol. The molecule has 1 aromatic heterocycles. The minimum Gasteiger partial charge on any atom is -0.312 e. The van der Waals surface area contributed by atoms with Crippen molar-refractivity contribution in [2.45, 2.75) is 43.9 Å². The van der Waals surface area contributed by atoms with Crippen LogP contribution in [0.3, 0.4) is 0 Å². The van der Waals surface area contributed by atoms with Gasteiger partial charge >= 0.3 is 0 Å². The maximum atomic E-state index is 3.73. The molecule has 1 aromatic rings. The van der Waals surface area contributed by atoms with E-state index in [9.17, 15) is 0 Å². The molecule has 0 bridgehead atoms. The van der Waals surface area contributed by atoms with E-state index in [1.807, 2.05) is 11.3 Å². The lowest BCUT2D eigenvalue weighted by Gasteiger charge is -2.26. The van der Waals surface area contributed by atoms with E-state index in [0.29, 0.717) is 0 Å². The summed E-state index contributed by atoms with van der Waals surface area (Å²) in [6.45, 7) is 8.08. The zero-order chi connectivity index (χ0) is 11.6. The topological polar surface area (TPSA) is 12.0 Å². The largest absolute Gasteiger partial charge is 0.312 e. The molecule has 0 amide bonds. The lowest BCUT2D eigenvalue weighted by Crippen LogP contribution is -2.39. The molecule has 16 heavy (non-hydrogen) atoms. The van der Waals surface area contributed by atoms with Gasteiger partial charge in [0.05, 0.1) is 0 Å². The number of hydrogen-bond donors (Lipinski definition) is 1. The maximum absolute atomic E-state index is 3.73. The Morgan fingerprint density at radius 1 is 1.50 bits per heavy atom. The third-order valence-corrected chi connectivity index (χ3v) is 5.81. The molecule has 2 heterocycles. The smallest absolute Gasteiger partial charge is 0.0169 e. The summed E-state index contributed by atoms with van der Waals surface area (Å²) in [6.07, 6.45) is 1.32. The van der Waals surface area contributed by atoms with Gasteiger partial charge in [-0.25, -0.2) is 0 Å². The van der Waals surface area contributed by atoms with Crippen LogP contribution in [0.25, 0.3) is 0 Å². The lowest BCUT2D eigenvalue weighted by molar-refractivity contribution is 0.432. The van der Waals surface area contributed by atoms with Crippen LogP contribution < -0.4 is 5.32 Å². The van der Waals surface area contributed by atoms with Gasteiger partial charge in [0.2, 0.25) is 0 Å². The first-order chi connectivity index (χ1) is 7.58. The van der Waals surface area contributed by atoms with Crippen LogP contribution in [0.5, 0.6) is 0 Å². The number of hydrogen-bond acceptors (Lipinski definition) is 3. The molecule has 0 aliphatic carbocycles. The highest BCUT2D eigenvalue weighted by Crippen LogP contribution is 2.29. The summed E-state index contributed by atoms with van der Waals surface area (Å²) in [7, 11) is 0. The van der Waals surface area contributed by atoms with Gasteiger partial charge in [-0.15, -0.1) is 11.3 Å². The molecule has 1 fully saturated rings. The molecule has 0 aromatic carbocycles. The molecule has 1 aliphatic heterocycles. The van der Waals surface area contributed by atoms with Crippen molar-refractivity contribution in [1.29, 1.82) is 0 Å². The first-order valence-corrected chi connectivity index (χ1v) is 7.90. The SMILES string of the molecule is CC1CC(NCC(C)(C)c2cccs2)CS1. The fourth-order valence-corrected chi connectivity index (χ4v) is 4.14. The monoisotopic (exact) mass is 255 g/mol. The van der Waals surface area contributed by atoms with Crippen LogP contribution in [0.15, 0.2) is 17.5 Å². The Labute approximate surface area is 107 Å². The van der Waals surface area contributed by atoms with Crippen molar-refractivity contribution in [3.63, 3.8) is 0 Å². The number of thioether (sulfide) groups is 1. The van der Waals surface area contributed by atoms with Crippen molar-refractivity contribution in [2.75, 3.05) is 12.3 Å². The molecule has 1 saturated heterocycles. The van der Waals surface area contributed by atoms with Crippen molar-refractivity contribution in [3.8, 4) is 0 Å². The molecular weight excluding hydrogens is 234 g/mol. The summed E-state index contributed by atoms with van der Waals surface area (Å²) >= 11 is 3.96.